The number of amides is 2. The van der Waals surface area contributed by atoms with Crippen LogP contribution < -0.4 is 10.6 Å². The van der Waals surface area contributed by atoms with Crippen LogP contribution in [-0.4, -0.2) is 23.7 Å². The van der Waals surface area contributed by atoms with E-state index in [1.54, 1.807) is 12.1 Å². The van der Waals surface area contributed by atoms with Crippen LogP contribution in [0.15, 0.2) is 47.4 Å². The largest absolute Gasteiger partial charge is 0.377 e. The van der Waals surface area contributed by atoms with Crippen LogP contribution in [0.4, 0.5) is 11.4 Å². The van der Waals surface area contributed by atoms with E-state index < -0.39 is 5.25 Å². The van der Waals surface area contributed by atoms with Crippen LogP contribution in [0.2, 0.25) is 5.02 Å². The van der Waals surface area contributed by atoms with E-state index in [0.29, 0.717) is 29.6 Å². The van der Waals surface area contributed by atoms with Crippen molar-refractivity contribution in [2.75, 3.05) is 17.2 Å². The number of ether oxygens (including phenoxy) is 1. The highest BCUT2D eigenvalue weighted by molar-refractivity contribution is 8.01. The summed E-state index contributed by atoms with van der Waals surface area (Å²) in [5, 5.41) is 5.78. The van der Waals surface area contributed by atoms with Crippen molar-refractivity contribution in [2.45, 2.75) is 30.1 Å². The predicted molar refractivity (Wildman–Crippen MR) is 105 cm³/mol. The van der Waals surface area contributed by atoms with Gasteiger partial charge in [0.25, 0.3) is 0 Å². The molecule has 2 N–H and O–H groups in total. The minimum atomic E-state index is -0.484. The maximum Gasteiger partial charge on any atom is 0.238 e. The standard InChI is InChI=1S/C19H19ClN2O3S/c1-2-25-11-12-5-3-4-6-14(12)21-18(23)10-17-19(24)22-15-9-13(20)7-8-16(15)26-17/h3-9,17H,2,10-11H2,1H3,(H,21,23)(H,22,24). The molecule has 2 aromatic rings. The van der Waals surface area contributed by atoms with Crippen LogP contribution in [-0.2, 0) is 20.9 Å². The van der Waals surface area contributed by atoms with Gasteiger partial charge in [0.05, 0.1) is 17.5 Å². The first-order valence-electron chi connectivity index (χ1n) is 8.29. The van der Waals surface area contributed by atoms with Gasteiger partial charge < -0.3 is 15.4 Å². The summed E-state index contributed by atoms with van der Waals surface area (Å²) in [6.45, 7) is 2.95. The van der Waals surface area contributed by atoms with E-state index in [1.165, 1.54) is 11.8 Å². The molecule has 2 amide bonds. The van der Waals surface area contributed by atoms with Crippen molar-refractivity contribution in [3.63, 3.8) is 0 Å². The van der Waals surface area contributed by atoms with E-state index in [0.717, 1.165) is 10.5 Å². The molecule has 0 saturated carbocycles. The molecule has 1 heterocycles. The molecule has 3 rings (SSSR count). The fourth-order valence-electron chi connectivity index (χ4n) is 2.61. The van der Waals surface area contributed by atoms with Crippen LogP contribution in [0.3, 0.4) is 0 Å². The lowest BCUT2D eigenvalue weighted by Crippen LogP contribution is -2.32. The molecule has 7 heteroatoms. The summed E-state index contributed by atoms with van der Waals surface area (Å²) in [5.74, 6) is -0.401. The summed E-state index contributed by atoms with van der Waals surface area (Å²) in [6.07, 6.45) is 0.0849. The van der Waals surface area contributed by atoms with Gasteiger partial charge in [-0.25, -0.2) is 0 Å². The molecular formula is C19H19ClN2O3S. The van der Waals surface area contributed by atoms with Crippen molar-refractivity contribution in [1.82, 2.24) is 0 Å². The molecule has 0 saturated heterocycles. The molecule has 1 aliphatic heterocycles. The third-order valence-corrected chi connectivity index (χ3v) is 5.40. The number of nitrogens with one attached hydrogen (secondary N) is 2. The van der Waals surface area contributed by atoms with Crippen LogP contribution in [0, 0.1) is 0 Å². The van der Waals surface area contributed by atoms with E-state index in [1.807, 2.05) is 37.3 Å². The maximum atomic E-state index is 12.5. The van der Waals surface area contributed by atoms with Gasteiger partial charge in [-0.2, -0.15) is 0 Å². The molecule has 136 valence electrons. The van der Waals surface area contributed by atoms with Crippen LogP contribution in [0.25, 0.3) is 0 Å². The Bertz CT molecular complexity index is 828. The fourth-order valence-corrected chi connectivity index (χ4v) is 3.87. The highest BCUT2D eigenvalue weighted by atomic mass is 35.5. The summed E-state index contributed by atoms with van der Waals surface area (Å²) < 4.78 is 5.43. The van der Waals surface area contributed by atoms with Gasteiger partial charge in [-0.15, -0.1) is 11.8 Å². The van der Waals surface area contributed by atoms with Crippen LogP contribution in [0.1, 0.15) is 18.9 Å². The summed E-state index contributed by atoms with van der Waals surface area (Å²) in [4.78, 5) is 25.6. The number of benzene rings is 2. The van der Waals surface area contributed by atoms with E-state index in [4.69, 9.17) is 16.3 Å². The quantitative estimate of drug-likeness (QED) is 0.770. The lowest BCUT2D eigenvalue weighted by Gasteiger charge is -2.24. The molecule has 26 heavy (non-hydrogen) atoms. The second-order valence-electron chi connectivity index (χ2n) is 5.78. The number of carbonyl (C=O) groups is 2. The van der Waals surface area contributed by atoms with Gasteiger partial charge in [-0.05, 0) is 31.2 Å². The summed E-state index contributed by atoms with van der Waals surface area (Å²) in [7, 11) is 0. The zero-order valence-corrected chi connectivity index (χ0v) is 15.8. The van der Waals surface area contributed by atoms with Gasteiger partial charge in [0.1, 0.15) is 0 Å². The van der Waals surface area contributed by atoms with Gasteiger partial charge in [0, 0.05) is 34.2 Å². The fraction of sp³-hybridized carbons (Fsp3) is 0.263. The molecule has 1 unspecified atom stereocenters. The van der Waals surface area contributed by atoms with Crippen molar-refractivity contribution in [1.29, 1.82) is 0 Å². The highest BCUT2D eigenvalue weighted by Crippen LogP contribution is 2.38. The van der Waals surface area contributed by atoms with E-state index in [2.05, 4.69) is 10.6 Å². The first-order chi connectivity index (χ1) is 12.6. The predicted octanol–water partition coefficient (Wildman–Crippen LogP) is 4.32. The Kier molecular flexibility index (Phi) is 6.19. The van der Waals surface area contributed by atoms with Crippen LogP contribution >= 0.6 is 23.4 Å². The first-order valence-corrected chi connectivity index (χ1v) is 9.55. The Morgan fingerprint density at radius 1 is 1.31 bits per heavy atom. The highest BCUT2D eigenvalue weighted by Gasteiger charge is 2.29. The third-order valence-electron chi connectivity index (χ3n) is 3.89. The van der Waals surface area contributed by atoms with Crippen molar-refractivity contribution in [3.8, 4) is 0 Å². The zero-order valence-electron chi connectivity index (χ0n) is 14.3. The first kappa shape index (κ1) is 18.8. The van der Waals surface area contributed by atoms with Crippen LogP contribution in [0.5, 0.6) is 0 Å². The summed E-state index contributed by atoms with van der Waals surface area (Å²) in [5.41, 5.74) is 2.30. The molecule has 0 fully saturated rings. The average molecular weight is 391 g/mol. The van der Waals surface area contributed by atoms with Gasteiger partial charge in [-0.3, -0.25) is 9.59 Å². The number of hydrogen-bond acceptors (Lipinski definition) is 4. The monoisotopic (exact) mass is 390 g/mol. The molecule has 0 radical (unpaired) electrons. The van der Waals surface area contributed by atoms with Gasteiger partial charge in [-0.1, -0.05) is 29.8 Å². The molecule has 0 aromatic heterocycles. The summed E-state index contributed by atoms with van der Waals surface area (Å²) >= 11 is 7.33. The van der Waals surface area contributed by atoms with Gasteiger partial charge in [0.15, 0.2) is 0 Å². The molecular weight excluding hydrogens is 372 g/mol. The van der Waals surface area contributed by atoms with Crippen molar-refractivity contribution in [2.24, 2.45) is 0 Å². The van der Waals surface area contributed by atoms with Gasteiger partial charge >= 0.3 is 0 Å². The third kappa shape index (κ3) is 4.58. The summed E-state index contributed by atoms with van der Waals surface area (Å²) in [6, 6.07) is 12.8. The molecule has 2 aromatic carbocycles. The number of carbonyl (C=O) groups excluding carboxylic acids is 2. The minimum Gasteiger partial charge on any atom is -0.377 e. The van der Waals surface area contributed by atoms with E-state index >= 15 is 0 Å². The average Bonchev–Trinajstić information content (AvgIpc) is 2.62. The maximum absolute atomic E-state index is 12.5. The van der Waals surface area contributed by atoms with Gasteiger partial charge in [0.2, 0.25) is 11.8 Å². The number of halogens is 1. The van der Waals surface area contributed by atoms with E-state index in [9.17, 15) is 9.59 Å². The Balaban J connectivity index is 1.65. The molecule has 0 aliphatic carbocycles. The SMILES string of the molecule is CCOCc1ccccc1NC(=O)CC1Sc2ccc(Cl)cc2NC1=O. The zero-order chi connectivity index (χ0) is 18.5. The number of rotatable bonds is 6. The Labute approximate surface area is 161 Å². The second kappa shape index (κ2) is 8.58. The molecule has 0 spiro atoms. The molecule has 0 bridgehead atoms. The second-order valence-corrected chi connectivity index (χ2v) is 7.46. The Hall–Kier alpha value is -2.02. The van der Waals surface area contributed by atoms with E-state index in [-0.39, 0.29) is 18.2 Å². The number of fused-ring (bicyclic) bond motifs is 1. The topological polar surface area (TPSA) is 67.4 Å². The number of para-hydroxylation sites is 1. The minimum absolute atomic E-state index is 0.0849. The lowest BCUT2D eigenvalue weighted by molar-refractivity contribution is -0.120. The number of anilines is 2. The Morgan fingerprint density at radius 2 is 2.12 bits per heavy atom. The lowest BCUT2D eigenvalue weighted by atomic mass is 10.1. The smallest absolute Gasteiger partial charge is 0.238 e. The normalized spacial score (nSPS) is 15.9. The molecule has 1 atom stereocenters. The molecule has 5 nitrogen and oxygen atoms in total. The number of hydrogen-bond donors (Lipinski definition) is 2. The van der Waals surface area contributed by atoms with Crippen molar-refractivity contribution in [3.05, 3.63) is 53.1 Å². The van der Waals surface area contributed by atoms with Crippen molar-refractivity contribution >= 4 is 46.6 Å². The van der Waals surface area contributed by atoms with Crippen molar-refractivity contribution < 1.29 is 14.3 Å². The molecule has 1 aliphatic rings. The number of thioether (sulfide) groups is 1. The Morgan fingerprint density at radius 3 is 2.92 bits per heavy atom.